The first-order valence-electron chi connectivity index (χ1n) is 5.62. The first kappa shape index (κ1) is 15.1. The molecule has 0 amide bonds. The molecular weight excluding hydrogens is 204 g/mol. The first-order valence-corrected chi connectivity index (χ1v) is 7.53. The van der Waals surface area contributed by atoms with E-state index in [1.54, 1.807) is 0 Å². The Morgan fingerprint density at radius 2 is 1.47 bits per heavy atom. The van der Waals surface area contributed by atoms with Crippen LogP contribution in [-0.2, 0) is 4.43 Å². The molecule has 0 aromatic rings. The average Bonchev–Trinajstić information content (AvgIpc) is 2.01. The summed E-state index contributed by atoms with van der Waals surface area (Å²) in [6.07, 6.45) is 0. The van der Waals surface area contributed by atoms with Gasteiger partial charge in [0, 0.05) is 20.2 Å². The third-order valence-electron chi connectivity index (χ3n) is 2.94. The molecule has 4 heteroatoms. The summed E-state index contributed by atoms with van der Waals surface area (Å²) in [5.74, 6) is 0. The normalized spacial score (nSPS) is 14.4. The molecule has 0 atom stereocenters. The number of hydrogen-bond donors (Lipinski definition) is 2. The van der Waals surface area contributed by atoms with Crippen LogP contribution >= 0.6 is 0 Å². The van der Waals surface area contributed by atoms with Crippen LogP contribution in [-0.4, -0.2) is 28.7 Å². The summed E-state index contributed by atoms with van der Waals surface area (Å²) in [5, 5.41) is 0.296. The molecule has 0 aliphatic heterocycles. The lowest BCUT2D eigenvalue weighted by Gasteiger charge is -2.49. The van der Waals surface area contributed by atoms with E-state index in [4.69, 9.17) is 10.2 Å². The van der Waals surface area contributed by atoms with Gasteiger partial charge in [0.1, 0.15) is 0 Å². The smallest absolute Gasteiger partial charge is 0.279 e. The molecule has 0 aliphatic carbocycles. The van der Waals surface area contributed by atoms with Crippen LogP contribution in [0.25, 0.3) is 0 Å². The Bertz CT molecular complexity index is 180. The standard InChI is InChI=1S/C11H28N2OSi/c1-10(2,3)15(14-7,11(4,5)6)13-9-8-12/h13H,8-9,12H2,1-7H3. The van der Waals surface area contributed by atoms with Crippen LogP contribution in [0.1, 0.15) is 41.5 Å². The van der Waals surface area contributed by atoms with Crippen LogP contribution in [0.5, 0.6) is 0 Å². The fourth-order valence-corrected chi connectivity index (χ4v) is 7.76. The molecule has 3 N–H and O–H groups in total. The third-order valence-corrected chi connectivity index (χ3v) is 8.52. The predicted molar refractivity (Wildman–Crippen MR) is 69.3 cm³/mol. The van der Waals surface area contributed by atoms with E-state index >= 15 is 0 Å². The summed E-state index contributed by atoms with van der Waals surface area (Å²) in [7, 11) is -0.198. The van der Waals surface area contributed by atoms with Gasteiger partial charge >= 0.3 is 0 Å². The molecule has 0 aromatic heterocycles. The molecule has 0 aliphatic rings. The summed E-state index contributed by atoms with van der Waals surface area (Å²) < 4.78 is 5.94. The van der Waals surface area contributed by atoms with Gasteiger partial charge in [0.05, 0.1) is 0 Å². The first-order chi connectivity index (χ1) is 6.62. The molecular formula is C11H28N2OSi. The van der Waals surface area contributed by atoms with Crippen molar-refractivity contribution in [2.45, 2.75) is 51.6 Å². The van der Waals surface area contributed by atoms with Crippen molar-refractivity contribution in [3.8, 4) is 0 Å². The maximum atomic E-state index is 5.94. The second-order valence-corrected chi connectivity index (χ2v) is 11.2. The Balaban J connectivity index is 5.13. The van der Waals surface area contributed by atoms with E-state index in [0.29, 0.717) is 6.54 Å². The molecule has 0 aromatic carbocycles. The van der Waals surface area contributed by atoms with E-state index in [2.05, 4.69) is 46.5 Å². The fraction of sp³-hybridized carbons (Fsp3) is 1.00. The van der Waals surface area contributed by atoms with Crippen LogP contribution in [0.4, 0.5) is 0 Å². The SMILES string of the molecule is CO[Si](NCCN)(C(C)(C)C)C(C)(C)C. The highest BCUT2D eigenvalue weighted by atomic mass is 28.4. The van der Waals surface area contributed by atoms with Crippen LogP contribution in [0.3, 0.4) is 0 Å². The minimum Gasteiger partial charge on any atom is -0.406 e. The number of rotatable bonds is 4. The van der Waals surface area contributed by atoms with Gasteiger partial charge in [-0.05, 0) is 10.1 Å². The Morgan fingerprint density at radius 1 is 1.07 bits per heavy atom. The predicted octanol–water partition coefficient (Wildman–Crippen LogP) is 2.22. The quantitative estimate of drug-likeness (QED) is 0.731. The second-order valence-electron chi connectivity index (χ2n) is 6.10. The number of nitrogens with one attached hydrogen (secondary N) is 1. The molecule has 0 unspecified atom stereocenters. The lowest BCUT2D eigenvalue weighted by atomic mass is 10.2. The lowest BCUT2D eigenvalue weighted by molar-refractivity contribution is 0.310. The van der Waals surface area contributed by atoms with Crippen molar-refractivity contribution >= 4 is 8.48 Å². The summed E-state index contributed by atoms with van der Waals surface area (Å²) in [6, 6.07) is 0. The van der Waals surface area contributed by atoms with E-state index in [1.807, 2.05) is 7.11 Å². The van der Waals surface area contributed by atoms with Crippen LogP contribution in [0.15, 0.2) is 0 Å². The zero-order valence-corrected chi connectivity index (χ0v) is 12.4. The van der Waals surface area contributed by atoms with Crippen molar-refractivity contribution in [3.05, 3.63) is 0 Å². The summed E-state index contributed by atoms with van der Waals surface area (Å²) in [6.45, 7) is 15.0. The lowest BCUT2D eigenvalue weighted by Crippen LogP contribution is -2.65. The molecule has 0 saturated carbocycles. The van der Waals surface area contributed by atoms with Gasteiger partial charge in [-0.1, -0.05) is 41.5 Å². The Kier molecular flexibility index (Phi) is 4.98. The molecule has 3 nitrogen and oxygen atoms in total. The van der Waals surface area contributed by atoms with E-state index in [-0.39, 0.29) is 10.1 Å². The van der Waals surface area contributed by atoms with Crippen LogP contribution < -0.4 is 10.7 Å². The average molecular weight is 232 g/mol. The van der Waals surface area contributed by atoms with Crippen LogP contribution in [0.2, 0.25) is 10.1 Å². The molecule has 0 spiro atoms. The third kappa shape index (κ3) is 3.03. The molecule has 0 radical (unpaired) electrons. The van der Waals surface area contributed by atoms with E-state index in [1.165, 1.54) is 0 Å². The molecule has 0 bridgehead atoms. The maximum Gasteiger partial charge on any atom is 0.279 e. The van der Waals surface area contributed by atoms with Crippen molar-refractivity contribution in [3.63, 3.8) is 0 Å². The van der Waals surface area contributed by atoms with Crippen LogP contribution in [0, 0.1) is 0 Å². The van der Waals surface area contributed by atoms with Gasteiger partial charge in [0.25, 0.3) is 8.48 Å². The van der Waals surface area contributed by atoms with Crippen molar-refractivity contribution in [2.75, 3.05) is 20.2 Å². The second kappa shape index (κ2) is 4.95. The van der Waals surface area contributed by atoms with Gasteiger partial charge in [-0.15, -0.1) is 0 Å². The molecule has 0 fully saturated rings. The van der Waals surface area contributed by atoms with E-state index in [0.717, 1.165) is 6.54 Å². The van der Waals surface area contributed by atoms with Crippen molar-refractivity contribution in [2.24, 2.45) is 5.73 Å². The summed E-state index contributed by atoms with van der Waals surface area (Å²) in [4.78, 5) is 3.60. The van der Waals surface area contributed by atoms with Gasteiger partial charge in [-0.3, -0.25) is 0 Å². The Labute approximate surface area is 96.0 Å². The molecule has 0 rings (SSSR count). The zero-order valence-electron chi connectivity index (χ0n) is 11.4. The van der Waals surface area contributed by atoms with E-state index < -0.39 is 8.48 Å². The summed E-state index contributed by atoms with van der Waals surface area (Å²) in [5.41, 5.74) is 5.58. The highest BCUT2D eigenvalue weighted by Gasteiger charge is 2.54. The number of hydrogen-bond acceptors (Lipinski definition) is 3. The van der Waals surface area contributed by atoms with Gasteiger partial charge in [0.2, 0.25) is 0 Å². The molecule has 15 heavy (non-hydrogen) atoms. The largest absolute Gasteiger partial charge is 0.406 e. The van der Waals surface area contributed by atoms with Crippen molar-refractivity contribution < 1.29 is 4.43 Å². The zero-order chi connectivity index (χ0) is 12.3. The van der Waals surface area contributed by atoms with Crippen molar-refractivity contribution in [1.82, 2.24) is 4.98 Å². The van der Waals surface area contributed by atoms with Gasteiger partial charge in [-0.2, -0.15) is 0 Å². The fourth-order valence-electron chi connectivity index (χ4n) is 2.59. The minimum atomic E-state index is -2.02. The highest BCUT2D eigenvalue weighted by molar-refractivity contribution is 6.77. The minimum absolute atomic E-state index is 0.148. The molecule has 0 heterocycles. The Hall–Kier alpha value is 0.0969. The van der Waals surface area contributed by atoms with E-state index in [9.17, 15) is 0 Å². The summed E-state index contributed by atoms with van der Waals surface area (Å²) >= 11 is 0. The van der Waals surface area contributed by atoms with Crippen molar-refractivity contribution in [1.29, 1.82) is 0 Å². The monoisotopic (exact) mass is 232 g/mol. The maximum absolute atomic E-state index is 5.94. The van der Waals surface area contributed by atoms with Gasteiger partial charge < -0.3 is 15.1 Å². The molecule has 92 valence electrons. The molecule has 0 saturated heterocycles. The van der Waals surface area contributed by atoms with Gasteiger partial charge in [0.15, 0.2) is 0 Å². The topological polar surface area (TPSA) is 47.3 Å². The highest BCUT2D eigenvalue weighted by Crippen LogP contribution is 2.49. The number of nitrogens with two attached hydrogens (primary N) is 1. The van der Waals surface area contributed by atoms with Gasteiger partial charge in [-0.25, -0.2) is 0 Å². The Morgan fingerprint density at radius 3 is 1.67 bits per heavy atom.